The summed E-state index contributed by atoms with van der Waals surface area (Å²) >= 11 is 0. The van der Waals surface area contributed by atoms with Crippen molar-refractivity contribution < 1.29 is 9.59 Å². The van der Waals surface area contributed by atoms with Crippen LogP contribution in [0.3, 0.4) is 0 Å². The van der Waals surface area contributed by atoms with E-state index in [2.05, 4.69) is 29.2 Å². The molecule has 0 saturated carbocycles. The Kier molecular flexibility index (Phi) is 3.90. The first kappa shape index (κ1) is 15.1. The van der Waals surface area contributed by atoms with Gasteiger partial charge in [0, 0.05) is 26.2 Å². The number of benzene rings is 2. The van der Waals surface area contributed by atoms with E-state index < -0.39 is 0 Å². The highest BCUT2D eigenvalue weighted by Gasteiger charge is 2.34. The van der Waals surface area contributed by atoms with Gasteiger partial charge in [0.1, 0.15) is 0 Å². The van der Waals surface area contributed by atoms with Gasteiger partial charge in [0.05, 0.1) is 11.1 Å². The topological polar surface area (TPSA) is 40.6 Å². The molecule has 2 aliphatic rings. The van der Waals surface area contributed by atoms with Gasteiger partial charge in [0.2, 0.25) is 0 Å². The molecule has 2 heterocycles. The van der Waals surface area contributed by atoms with Gasteiger partial charge in [0.15, 0.2) is 0 Å². The quantitative estimate of drug-likeness (QED) is 0.813. The average molecular weight is 320 g/mol. The van der Waals surface area contributed by atoms with E-state index in [-0.39, 0.29) is 11.8 Å². The Morgan fingerprint density at radius 1 is 0.792 bits per heavy atom. The van der Waals surface area contributed by atoms with Gasteiger partial charge < -0.3 is 0 Å². The van der Waals surface area contributed by atoms with Crippen molar-refractivity contribution in [2.75, 3.05) is 19.6 Å². The predicted molar refractivity (Wildman–Crippen MR) is 91.8 cm³/mol. The van der Waals surface area contributed by atoms with Gasteiger partial charge in [-0.15, -0.1) is 0 Å². The van der Waals surface area contributed by atoms with E-state index in [1.807, 2.05) is 0 Å². The zero-order valence-electron chi connectivity index (χ0n) is 13.6. The maximum absolute atomic E-state index is 12.3. The highest BCUT2D eigenvalue weighted by Crippen LogP contribution is 2.23. The van der Waals surface area contributed by atoms with Crippen LogP contribution in [0.4, 0.5) is 0 Å². The van der Waals surface area contributed by atoms with Gasteiger partial charge in [-0.3, -0.25) is 19.4 Å². The molecule has 0 aromatic heterocycles. The van der Waals surface area contributed by atoms with E-state index in [0.717, 1.165) is 32.5 Å². The molecule has 4 rings (SSSR count). The van der Waals surface area contributed by atoms with Crippen molar-refractivity contribution in [1.29, 1.82) is 0 Å². The highest BCUT2D eigenvalue weighted by atomic mass is 16.2. The highest BCUT2D eigenvalue weighted by molar-refractivity contribution is 6.21. The second-order valence-electron chi connectivity index (χ2n) is 6.46. The number of hydrogen-bond acceptors (Lipinski definition) is 3. The second-order valence-corrected chi connectivity index (χ2v) is 6.46. The zero-order valence-corrected chi connectivity index (χ0v) is 13.6. The normalized spacial score (nSPS) is 17.1. The minimum absolute atomic E-state index is 0.153. The maximum Gasteiger partial charge on any atom is 0.261 e. The summed E-state index contributed by atoms with van der Waals surface area (Å²) in [6.07, 6.45) is 1.89. The molecule has 0 aliphatic carbocycles. The summed E-state index contributed by atoms with van der Waals surface area (Å²) in [5, 5.41) is 0. The average Bonchev–Trinajstić information content (AvgIpc) is 2.87. The van der Waals surface area contributed by atoms with Crippen molar-refractivity contribution in [2.24, 2.45) is 0 Å². The Morgan fingerprint density at radius 2 is 1.42 bits per heavy atom. The lowest BCUT2D eigenvalue weighted by molar-refractivity contribution is 0.0646. The number of fused-ring (bicyclic) bond motifs is 2. The molecule has 4 nitrogen and oxygen atoms in total. The maximum atomic E-state index is 12.3. The number of amides is 2. The summed E-state index contributed by atoms with van der Waals surface area (Å²) in [5.74, 6) is -0.306. The summed E-state index contributed by atoms with van der Waals surface area (Å²) in [5.41, 5.74) is 3.90. The molecule has 0 bridgehead atoms. The van der Waals surface area contributed by atoms with Crippen LogP contribution in [0.25, 0.3) is 0 Å². The van der Waals surface area contributed by atoms with Gasteiger partial charge in [-0.2, -0.15) is 0 Å². The molecule has 0 radical (unpaired) electrons. The molecule has 4 heteroatoms. The van der Waals surface area contributed by atoms with Crippen LogP contribution >= 0.6 is 0 Å². The van der Waals surface area contributed by atoms with Gasteiger partial charge in [-0.25, -0.2) is 0 Å². The zero-order chi connectivity index (χ0) is 16.5. The van der Waals surface area contributed by atoms with Crippen molar-refractivity contribution in [3.05, 3.63) is 70.8 Å². The number of nitrogens with zero attached hydrogens (tertiary/aromatic N) is 2. The lowest BCUT2D eigenvalue weighted by atomic mass is 10.00. The summed E-state index contributed by atoms with van der Waals surface area (Å²) in [7, 11) is 0. The van der Waals surface area contributed by atoms with Crippen LogP contribution in [-0.4, -0.2) is 41.2 Å². The molecular weight excluding hydrogens is 300 g/mol. The van der Waals surface area contributed by atoms with Crippen LogP contribution in [0, 0.1) is 0 Å². The van der Waals surface area contributed by atoms with E-state index in [4.69, 9.17) is 0 Å². The molecule has 2 amide bonds. The number of carbonyl (C=O) groups is 2. The fourth-order valence-corrected chi connectivity index (χ4v) is 3.64. The summed E-state index contributed by atoms with van der Waals surface area (Å²) < 4.78 is 0. The largest absolute Gasteiger partial charge is 0.299 e. The molecule has 2 aromatic carbocycles. The van der Waals surface area contributed by atoms with Gasteiger partial charge >= 0.3 is 0 Å². The number of rotatable bonds is 4. The molecule has 24 heavy (non-hydrogen) atoms. The SMILES string of the molecule is O=C1c2ccccc2C(=O)N1CCCN1CCc2ccccc2C1. The fourth-order valence-electron chi connectivity index (χ4n) is 3.64. The lowest BCUT2D eigenvalue weighted by Gasteiger charge is -2.29. The van der Waals surface area contributed by atoms with Gasteiger partial charge in [0.25, 0.3) is 11.8 Å². The van der Waals surface area contributed by atoms with E-state index in [1.165, 1.54) is 16.0 Å². The van der Waals surface area contributed by atoms with Crippen molar-refractivity contribution in [3.8, 4) is 0 Å². The predicted octanol–water partition coefficient (Wildman–Crippen LogP) is 2.73. The first-order chi connectivity index (χ1) is 11.7. The van der Waals surface area contributed by atoms with E-state index in [9.17, 15) is 9.59 Å². The number of carbonyl (C=O) groups excluding carboxylic acids is 2. The molecule has 0 unspecified atom stereocenters. The van der Waals surface area contributed by atoms with E-state index in [0.29, 0.717) is 17.7 Å². The fraction of sp³-hybridized carbons (Fsp3) is 0.300. The first-order valence-corrected chi connectivity index (χ1v) is 8.48. The molecule has 0 fully saturated rings. The summed E-state index contributed by atoms with van der Waals surface area (Å²) in [4.78, 5) is 28.5. The molecule has 2 aromatic rings. The van der Waals surface area contributed by atoms with E-state index >= 15 is 0 Å². The van der Waals surface area contributed by atoms with Crippen LogP contribution in [-0.2, 0) is 13.0 Å². The van der Waals surface area contributed by atoms with Crippen LogP contribution in [0.15, 0.2) is 48.5 Å². The number of imide groups is 1. The molecule has 0 atom stereocenters. The van der Waals surface area contributed by atoms with Crippen molar-refractivity contribution in [2.45, 2.75) is 19.4 Å². The molecule has 122 valence electrons. The van der Waals surface area contributed by atoms with Crippen LogP contribution in [0.2, 0.25) is 0 Å². The van der Waals surface area contributed by atoms with Crippen molar-refractivity contribution in [3.63, 3.8) is 0 Å². The Morgan fingerprint density at radius 3 is 2.12 bits per heavy atom. The minimum atomic E-state index is -0.153. The Labute approximate surface area is 141 Å². The lowest BCUT2D eigenvalue weighted by Crippen LogP contribution is -2.35. The van der Waals surface area contributed by atoms with E-state index in [1.54, 1.807) is 24.3 Å². The third kappa shape index (κ3) is 2.63. The molecular formula is C20H20N2O2. The smallest absolute Gasteiger partial charge is 0.261 e. The van der Waals surface area contributed by atoms with Crippen LogP contribution in [0.1, 0.15) is 38.3 Å². The molecule has 0 N–H and O–H groups in total. The van der Waals surface area contributed by atoms with Crippen LogP contribution in [0.5, 0.6) is 0 Å². The molecule has 2 aliphatic heterocycles. The Balaban J connectivity index is 1.34. The summed E-state index contributed by atoms with van der Waals surface area (Å²) in [6.45, 7) is 3.39. The van der Waals surface area contributed by atoms with Gasteiger partial charge in [-0.1, -0.05) is 36.4 Å². The van der Waals surface area contributed by atoms with Gasteiger partial charge in [-0.05, 0) is 36.1 Å². The second kappa shape index (κ2) is 6.21. The monoisotopic (exact) mass is 320 g/mol. The van der Waals surface area contributed by atoms with Crippen LogP contribution < -0.4 is 0 Å². The van der Waals surface area contributed by atoms with Crippen molar-refractivity contribution >= 4 is 11.8 Å². The number of hydrogen-bond donors (Lipinski definition) is 0. The minimum Gasteiger partial charge on any atom is -0.299 e. The molecule has 0 spiro atoms. The molecule has 0 saturated heterocycles. The Bertz CT molecular complexity index is 765. The Hall–Kier alpha value is -2.46. The third-order valence-corrected chi connectivity index (χ3v) is 4.94. The standard InChI is InChI=1S/C20H20N2O2/c23-19-17-8-3-4-9-18(17)20(24)22(19)12-5-11-21-13-10-15-6-1-2-7-16(15)14-21/h1-4,6-9H,5,10-14H2. The first-order valence-electron chi connectivity index (χ1n) is 8.48. The summed E-state index contributed by atoms with van der Waals surface area (Å²) in [6, 6.07) is 15.6. The third-order valence-electron chi connectivity index (χ3n) is 4.94. The van der Waals surface area contributed by atoms with Crippen molar-refractivity contribution in [1.82, 2.24) is 9.80 Å².